The summed E-state index contributed by atoms with van der Waals surface area (Å²) in [5.74, 6) is 0. The van der Waals surface area contributed by atoms with Gasteiger partial charge in [-0.25, -0.2) is 0 Å². The average molecular weight is 162 g/mol. The van der Waals surface area contributed by atoms with Crippen molar-refractivity contribution in [3.05, 3.63) is 11.6 Å². The molecule has 1 heterocycles. The molecule has 1 aromatic rings. The fraction of sp³-hybridized carbons (Fsp3) is 0. The van der Waals surface area contributed by atoms with Crippen molar-refractivity contribution in [3.8, 4) is 0 Å². The summed E-state index contributed by atoms with van der Waals surface area (Å²) in [5.41, 5.74) is 9.24. The molecule has 0 spiro atoms. The van der Waals surface area contributed by atoms with E-state index in [4.69, 9.17) is 0 Å². The molecule has 0 unspecified atom stereocenters. The molecule has 1 aromatic heterocycles. The van der Waals surface area contributed by atoms with Gasteiger partial charge in [0, 0.05) is 5.38 Å². The SMILES string of the molecule is NC(N)=S.c1csnn1. The molecule has 0 radical (unpaired) electrons. The van der Waals surface area contributed by atoms with Gasteiger partial charge in [0.05, 0.1) is 6.20 Å². The maximum absolute atomic E-state index is 4.62. The molecule has 0 aliphatic rings. The van der Waals surface area contributed by atoms with Crippen molar-refractivity contribution < 1.29 is 0 Å². The Balaban J connectivity index is 0.000000148. The third kappa shape index (κ3) is 11.1. The van der Waals surface area contributed by atoms with Gasteiger partial charge in [-0.2, -0.15) is 0 Å². The summed E-state index contributed by atoms with van der Waals surface area (Å²) < 4.78 is 3.51. The van der Waals surface area contributed by atoms with Gasteiger partial charge in [0.15, 0.2) is 5.11 Å². The molecule has 0 aromatic carbocycles. The zero-order valence-electron chi connectivity index (χ0n) is 4.52. The highest BCUT2D eigenvalue weighted by Gasteiger charge is 1.61. The number of hydrogen-bond acceptors (Lipinski definition) is 4. The Morgan fingerprint density at radius 1 is 1.56 bits per heavy atom. The smallest absolute Gasteiger partial charge is 0.160 e. The molecule has 1 rings (SSSR count). The molecule has 0 saturated heterocycles. The third-order valence-corrected chi connectivity index (χ3v) is 0.715. The molecular weight excluding hydrogens is 156 g/mol. The summed E-state index contributed by atoms with van der Waals surface area (Å²) in [7, 11) is 0. The number of hydrogen-bond donors (Lipinski definition) is 2. The van der Waals surface area contributed by atoms with Gasteiger partial charge in [0.1, 0.15) is 0 Å². The molecule has 0 amide bonds. The predicted octanol–water partition coefficient (Wildman–Crippen LogP) is -0.273. The lowest BCUT2D eigenvalue weighted by atomic mass is 11.1. The van der Waals surface area contributed by atoms with Gasteiger partial charge in [-0.3, -0.25) is 0 Å². The van der Waals surface area contributed by atoms with E-state index in [0.717, 1.165) is 0 Å². The van der Waals surface area contributed by atoms with Gasteiger partial charge in [0.25, 0.3) is 0 Å². The fourth-order valence-corrected chi connectivity index (χ4v) is 0.408. The molecule has 6 heteroatoms. The minimum atomic E-state index is 0.000000000000000222. The van der Waals surface area contributed by atoms with E-state index in [1.807, 2.05) is 5.38 Å². The molecule has 0 aliphatic heterocycles. The van der Waals surface area contributed by atoms with Crippen LogP contribution >= 0.6 is 23.8 Å². The molecule has 9 heavy (non-hydrogen) atoms. The fourth-order valence-electron chi connectivity index (χ4n) is 0.136. The van der Waals surface area contributed by atoms with Crippen molar-refractivity contribution in [2.45, 2.75) is 0 Å². The Bertz CT molecular complexity index is 128. The normalized spacial score (nSPS) is 7.11. The van der Waals surface area contributed by atoms with Crippen molar-refractivity contribution in [2.75, 3.05) is 0 Å². The monoisotopic (exact) mass is 162 g/mol. The summed E-state index contributed by atoms with van der Waals surface area (Å²) in [6.45, 7) is 0. The van der Waals surface area contributed by atoms with E-state index in [0.29, 0.717) is 0 Å². The highest BCUT2D eigenvalue weighted by molar-refractivity contribution is 7.80. The van der Waals surface area contributed by atoms with Crippen LogP contribution in [0, 0.1) is 0 Å². The molecular formula is C3H6N4S2. The van der Waals surface area contributed by atoms with E-state index in [2.05, 4.69) is 33.3 Å². The van der Waals surface area contributed by atoms with Crippen LogP contribution in [0.15, 0.2) is 11.6 Å². The minimum absolute atomic E-state index is 0.000000000000000222. The standard InChI is InChI=1S/C2H2N2S.CH4N2S/c1-2-5-4-3-1;2-1(3)4/h1-2H;(H4,2,3,4). The molecule has 4 nitrogen and oxygen atoms in total. The third-order valence-electron chi connectivity index (χ3n) is 0.283. The van der Waals surface area contributed by atoms with Crippen LogP contribution in [0.25, 0.3) is 0 Å². The van der Waals surface area contributed by atoms with Crippen LogP contribution in [0.1, 0.15) is 0 Å². The molecule has 50 valence electrons. The summed E-state index contributed by atoms with van der Waals surface area (Å²) in [5, 5.41) is 5.31. The zero-order chi connectivity index (χ0) is 7.11. The van der Waals surface area contributed by atoms with E-state index in [1.54, 1.807) is 6.20 Å². The molecule has 0 saturated carbocycles. The minimum Gasteiger partial charge on any atom is -0.377 e. The van der Waals surface area contributed by atoms with Gasteiger partial charge >= 0.3 is 0 Å². The maximum Gasteiger partial charge on any atom is 0.160 e. The van der Waals surface area contributed by atoms with Crippen molar-refractivity contribution in [1.29, 1.82) is 0 Å². The van der Waals surface area contributed by atoms with E-state index >= 15 is 0 Å². The summed E-state index contributed by atoms with van der Waals surface area (Å²) in [6, 6.07) is 0. The Labute approximate surface area is 62.0 Å². The van der Waals surface area contributed by atoms with Gasteiger partial charge in [-0.1, -0.05) is 4.49 Å². The van der Waals surface area contributed by atoms with Crippen molar-refractivity contribution in [2.24, 2.45) is 11.5 Å². The van der Waals surface area contributed by atoms with E-state index < -0.39 is 0 Å². The Kier molecular flexibility index (Phi) is 4.94. The average Bonchev–Trinajstić information content (AvgIpc) is 2.11. The second-order valence-corrected chi connectivity index (χ2v) is 2.11. The number of aromatic nitrogens is 2. The quantitative estimate of drug-likeness (QED) is 0.513. The molecule has 4 N–H and O–H groups in total. The van der Waals surface area contributed by atoms with Gasteiger partial charge < -0.3 is 11.5 Å². The molecule has 0 fully saturated rings. The number of nitrogens with zero attached hydrogens (tertiary/aromatic N) is 2. The largest absolute Gasteiger partial charge is 0.377 e. The Morgan fingerprint density at radius 3 is 2.22 bits per heavy atom. The van der Waals surface area contributed by atoms with Crippen LogP contribution in [-0.2, 0) is 0 Å². The summed E-state index contributed by atoms with van der Waals surface area (Å²) >= 11 is 5.44. The van der Waals surface area contributed by atoms with Crippen LogP contribution in [0.2, 0.25) is 0 Å². The molecule has 0 bridgehead atoms. The molecule has 0 aliphatic carbocycles. The first kappa shape index (κ1) is 8.25. The second-order valence-electron chi connectivity index (χ2n) is 0.990. The lowest BCUT2D eigenvalue weighted by Gasteiger charge is -1.68. The number of rotatable bonds is 0. The first-order chi connectivity index (χ1) is 4.23. The number of nitrogens with two attached hydrogens (primary N) is 2. The molecule has 0 atom stereocenters. The Morgan fingerprint density at radius 2 is 2.11 bits per heavy atom. The lowest BCUT2D eigenvalue weighted by molar-refractivity contribution is 1.16. The zero-order valence-corrected chi connectivity index (χ0v) is 6.15. The topological polar surface area (TPSA) is 77.8 Å². The Hall–Kier alpha value is -0.750. The van der Waals surface area contributed by atoms with Gasteiger partial charge in [-0.05, 0) is 23.8 Å². The summed E-state index contributed by atoms with van der Waals surface area (Å²) in [6.07, 6.45) is 1.66. The van der Waals surface area contributed by atoms with Crippen molar-refractivity contribution in [3.63, 3.8) is 0 Å². The van der Waals surface area contributed by atoms with Crippen LogP contribution in [-0.4, -0.2) is 14.7 Å². The second kappa shape index (κ2) is 5.39. The van der Waals surface area contributed by atoms with Crippen LogP contribution in [0.5, 0.6) is 0 Å². The highest BCUT2D eigenvalue weighted by atomic mass is 32.1. The van der Waals surface area contributed by atoms with Crippen molar-refractivity contribution >= 4 is 28.9 Å². The maximum atomic E-state index is 4.62. The number of thiocarbonyl (C=S) groups is 1. The van der Waals surface area contributed by atoms with Crippen LogP contribution < -0.4 is 11.5 Å². The van der Waals surface area contributed by atoms with Crippen molar-refractivity contribution in [1.82, 2.24) is 9.59 Å². The first-order valence-electron chi connectivity index (χ1n) is 1.99. The van der Waals surface area contributed by atoms with E-state index in [-0.39, 0.29) is 5.11 Å². The van der Waals surface area contributed by atoms with Gasteiger partial charge in [-0.15, -0.1) is 5.10 Å². The lowest BCUT2D eigenvalue weighted by Crippen LogP contribution is -2.18. The van der Waals surface area contributed by atoms with E-state index in [9.17, 15) is 0 Å². The highest BCUT2D eigenvalue weighted by Crippen LogP contribution is 1.78. The first-order valence-corrected chi connectivity index (χ1v) is 3.24. The van der Waals surface area contributed by atoms with E-state index in [1.165, 1.54) is 11.5 Å². The predicted molar refractivity (Wildman–Crippen MR) is 40.9 cm³/mol. The van der Waals surface area contributed by atoms with Gasteiger partial charge in [0.2, 0.25) is 0 Å². The van der Waals surface area contributed by atoms with Crippen LogP contribution in [0.4, 0.5) is 0 Å². The summed E-state index contributed by atoms with van der Waals surface area (Å²) in [4.78, 5) is 0. The van der Waals surface area contributed by atoms with Crippen LogP contribution in [0.3, 0.4) is 0 Å².